The molecular weight excluding hydrogens is 274 g/mol. The maximum atomic E-state index is 5.55. The largest absolute Gasteiger partial charge is 0.381 e. The Bertz CT molecular complexity index is 786. The molecule has 1 aliphatic heterocycles. The van der Waals surface area contributed by atoms with Gasteiger partial charge in [-0.05, 0) is 31.0 Å². The maximum absolute atomic E-state index is 5.55. The molecule has 2 aromatic heterocycles. The third kappa shape index (κ3) is 2.40. The van der Waals surface area contributed by atoms with Crippen molar-refractivity contribution in [1.29, 1.82) is 0 Å². The Hall–Kier alpha value is -2.20. The third-order valence-electron chi connectivity index (χ3n) is 4.29. The lowest BCUT2D eigenvalue weighted by Crippen LogP contribution is -2.11. The summed E-state index contributed by atoms with van der Waals surface area (Å²) >= 11 is 0. The van der Waals surface area contributed by atoms with Crippen LogP contribution in [0.3, 0.4) is 0 Å². The van der Waals surface area contributed by atoms with Crippen molar-refractivity contribution in [3.8, 4) is 0 Å². The molecule has 0 aliphatic carbocycles. The van der Waals surface area contributed by atoms with Crippen LogP contribution in [0.25, 0.3) is 11.2 Å². The number of aryl methyl sites for hydroxylation is 1. The molecule has 1 unspecified atom stereocenters. The smallest absolute Gasteiger partial charge is 0.160 e. The van der Waals surface area contributed by atoms with Crippen LogP contribution in [0, 0.1) is 6.92 Å². The van der Waals surface area contributed by atoms with Gasteiger partial charge in [0.25, 0.3) is 0 Å². The second kappa shape index (κ2) is 5.54. The highest BCUT2D eigenvalue weighted by Crippen LogP contribution is 2.28. The standard InChI is InChI=1S/C18H19N3O/c1-13-4-6-14(7-5-13)11-21-17(15-8-10-22-12-15)20-16-3-2-9-19-18(16)21/h2-7,9,15H,8,10-12H2,1H3. The molecule has 4 rings (SSSR count). The van der Waals surface area contributed by atoms with Crippen LogP contribution in [-0.2, 0) is 11.3 Å². The van der Waals surface area contributed by atoms with Gasteiger partial charge in [-0.1, -0.05) is 29.8 Å². The van der Waals surface area contributed by atoms with Crippen molar-refractivity contribution in [1.82, 2.24) is 14.5 Å². The molecule has 0 radical (unpaired) electrons. The Morgan fingerprint density at radius 2 is 2.09 bits per heavy atom. The van der Waals surface area contributed by atoms with Crippen LogP contribution in [0.15, 0.2) is 42.6 Å². The van der Waals surface area contributed by atoms with Gasteiger partial charge in [-0.15, -0.1) is 0 Å². The van der Waals surface area contributed by atoms with Gasteiger partial charge in [-0.2, -0.15) is 0 Å². The predicted octanol–water partition coefficient (Wildman–Crippen LogP) is 3.29. The number of nitrogens with zero attached hydrogens (tertiary/aromatic N) is 3. The molecule has 1 atom stereocenters. The third-order valence-corrected chi connectivity index (χ3v) is 4.29. The van der Waals surface area contributed by atoms with Crippen LogP contribution >= 0.6 is 0 Å². The van der Waals surface area contributed by atoms with Gasteiger partial charge in [0.1, 0.15) is 11.3 Å². The van der Waals surface area contributed by atoms with Crippen LogP contribution in [0.2, 0.25) is 0 Å². The molecule has 1 saturated heterocycles. The number of hydrogen-bond acceptors (Lipinski definition) is 3. The van der Waals surface area contributed by atoms with Crippen LogP contribution in [0.4, 0.5) is 0 Å². The summed E-state index contributed by atoms with van der Waals surface area (Å²) in [6.07, 6.45) is 2.88. The van der Waals surface area contributed by atoms with E-state index < -0.39 is 0 Å². The number of pyridine rings is 1. The first-order valence-electron chi connectivity index (χ1n) is 7.76. The fourth-order valence-electron chi connectivity index (χ4n) is 3.06. The van der Waals surface area contributed by atoms with E-state index in [1.165, 1.54) is 11.1 Å². The SMILES string of the molecule is Cc1ccc(Cn2c(C3CCOC3)nc3cccnc32)cc1. The van der Waals surface area contributed by atoms with Gasteiger partial charge < -0.3 is 9.30 Å². The van der Waals surface area contributed by atoms with E-state index >= 15 is 0 Å². The van der Waals surface area contributed by atoms with Crippen LogP contribution in [0.1, 0.15) is 29.3 Å². The van der Waals surface area contributed by atoms with Gasteiger partial charge in [-0.3, -0.25) is 0 Å². The van der Waals surface area contributed by atoms with Crippen LogP contribution in [0.5, 0.6) is 0 Å². The van der Waals surface area contributed by atoms with Crippen molar-refractivity contribution in [2.24, 2.45) is 0 Å². The van der Waals surface area contributed by atoms with Crippen molar-refractivity contribution in [2.45, 2.75) is 25.8 Å². The lowest BCUT2D eigenvalue weighted by atomic mass is 10.1. The van der Waals surface area contributed by atoms with E-state index in [-0.39, 0.29) is 0 Å². The van der Waals surface area contributed by atoms with Gasteiger partial charge >= 0.3 is 0 Å². The fraction of sp³-hybridized carbons (Fsp3) is 0.333. The molecule has 4 nitrogen and oxygen atoms in total. The van der Waals surface area contributed by atoms with Gasteiger partial charge in [0, 0.05) is 18.7 Å². The molecule has 0 spiro atoms. The quantitative estimate of drug-likeness (QED) is 0.744. The normalized spacial score (nSPS) is 18.1. The molecule has 22 heavy (non-hydrogen) atoms. The second-order valence-corrected chi connectivity index (χ2v) is 5.95. The summed E-state index contributed by atoms with van der Waals surface area (Å²) < 4.78 is 7.80. The summed E-state index contributed by atoms with van der Waals surface area (Å²) in [5.74, 6) is 1.48. The fourth-order valence-corrected chi connectivity index (χ4v) is 3.06. The average Bonchev–Trinajstić information content (AvgIpc) is 3.18. The minimum Gasteiger partial charge on any atom is -0.381 e. The lowest BCUT2D eigenvalue weighted by Gasteiger charge is -2.12. The first kappa shape index (κ1) is 13.5. The Labute approximate surface area is 129 Å². The monoisotopic (exact) mass is 293 g/mol. The highest BCUT2D eigenvalue weighted by atomic mass is 16.5. The van der Waals surface area contributed by atoms with Gasteiger partial charge in [-0.25, -0.2) is 9.97 Å². The average molecular weight is 293 g/mol. The van der Waals surface area contributed by atoms with Crippen molar-refractivity contribution >= 4 is 11.2 Å². The molecule has 3 heterocycles. The van der Waals surface area contributed by atoms with Crippen molar-refractivity contribution in [3.05, 3.63) is 59.5 Å². The van der Waals surface area contributed by atoms with Crippen molar-refractivity contribution < 1.29 is 4.74 Å². The molecule has 1 aromatic carbocycles. The number of rotatable bonds is 3. The zero-order valence-corrected chi connectivity index (χ0v) is 12.7. The Morgan fingerprint density at radius 3 is 2.86 bits per heavy atom. The molecule has 0 N–H and O–H groups in total. The van der Waals surface area contributed by atoms with Crippen LogP contribution in [-0.4, -0.2) is 27.7 Å². The topological polar surface area (TPSA) is 39.9 Å². The molecule has 1 aliphatic rings. The van der Waals surface area contributed by atoms with E-state index in [4.69, 9.17) is 9.72 Å². The Balaban J connectivity index is 1.79. The van der Waals surface area contributed by atoms with Crippen LogP contribution < -0.4 is 0 Å². The highest BCUT2D eigenvalue weighted by molar-refractivity contribution is 5.71. The number of fused-ring (bicyclic) bond motifs is 1. The summed E-state index contributed by atoms with van der Waals surface area (Å²) in [5.41, 5.74) is 4.49. The molecule has 0 amide bonds. The van der Waals surface area contributed by atoms with E-state index in [0.29, 0.717) is 5.92 Å². The molecule has 112 valence electrons. The number of hydrogen-bond donors (Lipinski definition) is 0. The van der Waals surface area contributed by atoms with E-state index in [0.717, 1.165) is 43.2 Å². The van der Waals surface area contributed by atoms with E-state index in [2.05, 4.69) is 40.7 Å². The minimum absolute atomic E-state index is 0.375. The summed E-state index contributed by atoms with van der Waals surface area (Å²) in [4.78, 5) is 9.38. The number of ether oxygens (including phenoxy) is 1. The van der Waals surface area contributed by atoms with E-state index in [1.54, 1.807) is 0 Å². The van der Waals surface area contributed by atoms with E-state index in [1.807, 2.05) is 18.3 Å². The zero-order chi connectivity index (χ0) is 14.9. The van der Waals surface area contributed by atoms with Gasteiger partial charge in [0.05, 0.1) is 13.2 Å². The van der Waals surface area contributed by atoms with Crippen molar-refractivity contribution in [3.63, 3.8) is 0 Å². The summed E-state index contributed by atoms with van der Waals surface area (Å²) in [6, 6.07) is 12.6. The minimum atomic E-state index is 0.375. The Kier molecular flexibility index (Phi) is 3.39. The Morgan fingerprint density at radius 1 is 1.23 bits per heavy atom. The predicted molar refractivity (Wildman–Crippen MR) is 86.0 cm³/mol. The summed E-state index contributed by atoms with van der Waals surface area (Å²) in [6.45, 7) is 4.50. The number of imidazole rings is 1. The molecular formula is C18H19N3O. The second-order valence-electron chi connectivity index (χ2n) is 5.95. The van der Waals surface area contributed by atoms with Gasteiger partial charge in [0.15, 0.2) is 5.65 Å². The molecule has 0 saturated carbocycles. The number of aromatic nitrogens is 3. The maximum Gasteiger partial charge on any atom is 0.160 e. The van der Waals surface area contributed by atoms with E-state index in [9.17, 15) is 0 Å². The number of benzene rings is 1. The summed E-state index contributed by atoms with van der Waals surface area (Å²) in [5, 5.41) is 0. The first-order chi connectivity index (χ1) is 10.8. The lowest BCUT2D eigenvalue weighted by molar-refractivity contribution is 0.193. The first-order valence-corrected chi connectivity index (χ1v) is 7.76. The molecule has 3 aromatic rings. The zero-order valence-electron chi connectivity index (χ0n) is 12.7. The molecule has 1 fully saturated rings. The van der Waals surface area contributed by atoms with Crippen molar-refractivity contribution in [2.75, 3.05) is 13.2 Å². The van der Waals surface area contributed by atoms with Gasteiger partial charge in [0.2, 0.25) is 0 Å². The molecule has 4 heteroatoms. The summed E-state index contributed by atoms with van der Waals surface area (Å²) in [7, 11) is 0. The highest BCUT2D eigenvalue weighted by Gasteiger charge is 2.24. The molecule has 0 bridgehead atoms.